The molecule has 1 aromatic carbocycles. The summed E-state index contributed by atoms with van der Waals surface area (Å²) in [5.74, 6) is -0.844. The van der Waals surface area contributed by atoms with Crippen LogP contribution in [0.1, 0.15) is 24.8 Å². The molecule has 2 amide bonds. The van der Waals surface area contributed by atoms with E-state index in [1.54, 1.807) is 4.90 Å². The van der Waals surface area contributed by atoms with Gasteiger partial charge in [-0.1, -0.05) is 30.3 Å². The number of carbonyl (C=O) groups is 2. The minimum Gasteiger partial charge on any atom is -0.384 e. The third-order valence-corrected chi connectivity index (χ3v) is 7.70. The maximum atomic E-state index is 12.8. The molecule has 2 aliphatic heterocycles. The van der Waals surface area contributed by atoms with Crippen molar-refractivity contribution >= 4 is 21.7 Å². The Morgan fingerprint density at radius 2 is 1.85 bits per heavy atom. The molecule has 0 N–H and O–H groups in total. The summed E-state index contributed by atoms with van der Waals surface area (Å²) in [7, 11) is -2.04. The Bertz CT molecular complexity index is 770. The van der Waals surface area contributed by atoms with E-state index in [9.17, 15) is 18.0 Å². The van der Waals surface area contributed by atoms with Crippen molar-refractivity contribution in [1.82, 2.24) is 9.80 Å². The zero-order chi connectivity index (χ0) is 18.8. The first kappa shape index (κ1) is 18.8. The summed E-state index contributed by atoms with van der Waals surface area (Å²) >= 11 is 0. The normalized spacial score (nSPS) is 21.3. The fourth-order valence-corrected chi connectivity index (χ4v) is 5.86. The second-order valence-corrected chi connectivity index (χ2v) is 9.07. The first-order valence-corrected chi connectivity index (χ1v) is 10.4. The van der Waals surface area contributed by atoms with Crippen LogP contribution in [0.3, 0.4) is 0 Å². The lowest BCUT2D eigenvalue weighted by Crippen LogP contribution is -2.56. The zero-order valence-corrected chi connectivity index (χ0v) is 15.7. The molecule has 26 heavy (non-hydrogen) atoms. The number of hydrogen-bond acceptors (Lipinski definition) is 5. The molecule has 0 aliphatic carbocycles. The molecule has 0 saturated carbocycles. The van der Waals surface area contributed by atoms with Crippen LogP contribution in [-0.4, -0.2) is 67.5 Å². The van der Waals surface area contributed by atoms with Crippen molar-refractivity contribution in [3.8, 4) is 0 Å². The highest BCUT2D eigenvalue weighted by atomic mass is 32.2. The van der Waals surface area contributed by atoms with E-state index >= 15 is 0 Å². The van der Waals surface area contributed by atoms with E-state index in [2.05, 4.69) is 0 Å². The largest absolute Gasteiger partial charge is 0.384 e. The van der Waals surface area contributed by atoms with E-state index in [4.69, 9.17) is 4.74 Å². The van der Waals surface area contributed by atoms with Gasteiger partial charge in [-0.2, -0.15) is 0 Å². The summed E-state index contributed by atoms with van der Waals surface area (Å²) in [6, 6.07) is 9.39. The molecule has 0 unspecified atom stereocenters. The van der Waals surface area contributed by atoms with Crippen LogP contribution in [0.2, 0.25) is 0 Å². The number of amides is 2. The topological polar surface area (TPSA) is 84.0 Å². The molecule has 2 saturated heterocycles. The molecular weight excluding hydrogens is 356 g/mol. The van der Waals surface area contributed by atoms with Crippen molar-refractivity contribution in [3.63, 3.8) is 0 Å². The lowest BCUT2D eigenvalue weighted by Gasteiger charge is -2.43. The Kier molecular flexibility index (Phi) is 5.34. The van der Waals surface area contributed by atoms with Gasteiger partial charge in [-0.3, -0.25) is 9.59 Å². The maximum absolute atomic E-state index is 12.8. The number of likely N-dealkylation sites (tertiary alicyclic amines) is 1. The number of sulfone groups is 1. The predicted molar refractivity (Wildman–Crippen MR) is 95.8 cm³/mol. The van der Waals surface area contributed by atoms with Gasteiger partial charge in [-0.25, -0.2) is 8.42 Å². The van der Waals surface area contributed by atoms with Gasteiger partial charge in [0.2, 0.25) is 11.8 Å². The van der Waals surface area contributed by atoms with Crippen molar-refractivity contribution in [2.24, 2.45) is 0 Å². The van der Waals surface area contributed by atoms with E-state index < -0.39 is 20.5 Å². The summed E-state index contributed by atoms with van der Waals surface area (Å²) in [5.41, 5.74) is 0.899. The van der Waals surface area contributed by atoms with Crippen molar-refractivity contribution in [3.05, 3.63) is 35.9 Å². The number of nitrogens with zero attached hydrogens (tertiary/aromatic N) is 2. The van der Waals surface area contributed by atoms with Crippen LogP contribution < -0.4 is 0 Å². The standard InChI is InChI=1S/C18H24N2O5S/c1-25-12-7-16(21)19-10-8-18(9-11-19)20(17(22)14-26(18,23)24)13-15-5-3-2-4-6-15/h2-6H,7-14H2,1H3. The molecule has 0 atom stereocenters. The molecule has 1 aromatic rings. The van der Waals surface area contributed by atoms with Crippen molar-refractivity contribution in [2.75, 3.05) is 32.6 Å². The van der Waals surface area contributed by atoms with Crippen LogP contribution in [0, 0.1) is 0 Å². The molecule has 2 heterocycles. The fourth-order valence-electron chi connectivity index (χ4n) is 3.80. The molecule has 0 bridgehead atoms. The average Bonchev–Trinajstić information content (AvgIpc) is 2.81. The molecule has 1 spiro atoms. The molecule has 0 radical (unpaired) electrons. The Hall–Kier alpha value is -1.93. The van der Waals surface area contributed by atoms with Crippen molar-refractivity contribution < 1.29 is 22.7 Å². The van der Waals surface area contributed by atoms with Gasteiger partial charge in [-0.15, -0.1) is 0 Å². The molecule has 8 heteroatoms. The summed E-state index contributed by atoms with van der Waals surface area (Å²) < 4.78 is 30.6. The summed E-state index contributed by atoms with van der Waals surface area (Å²) in [5, 5.41) is 0. The molecule has 0 aromatic heterocycles. The number of rotatable bonds is 5. The monoisotopic (exact) mass is 380 g/mol. The van der Waals surface area contributed by atoms with Gasteiger partial charge in [0.05, 0.1) is 13.0 Å². The smallest absolute Gasteiger partial charge is 0.239 e. The molecule has 7 nitrogen and oxygen atoms in total. The average molecular weight is 380 g/mol. The van der Waals surface area contributed by atoms with E-state index in [0.29, 0.717) is 19.7 Å². The maximum Gasteiger partial charge on any atom is 0.239 e. The Morgan fingerprint density at radius 3 is 2.46 bits per heavy atom. The lowest BCUT2D eigenvalue weighted by molar-refractivity contribution is -0.136. The Labute approximate surface area is 153 Å². The Morgan fingerprint density at radius 1 is 1.19 bits per heavy atom. The summed E-state index contributed by atoms with van der Waals surface area (Å²) in [4.78, 5) is 26.6. The highest BCUT2D eigenvalue weighted by Gasteiger charge is 2.58. The Balaban J connectivity index is 1.79. The van der Waals surface area contributed by atoms with Crippen LogP contribution in [0.5, 0.6) is 0 Å². The highest BCUT2D eigenvalue weighted by Crippen LogP contribution is 2.40. The first-order valence-electron chi connectivity index (χ1n) is 8.73. The second kappa shape index (κ2) is 7.36. The van der Waals surface area contributed by atoms with E-state index in [1.807, 2.05) is 30.3 Å². The van der Waals surface area contributed by atoms with Crippen LogP contribution in [0.15, 0.2) is 30.3 Å². The molecular formula is C18H24N2O5S. The van der Waals surface area contributed by atoms with Crippen LogP contribution in [-0.2, 0) is 30.7 Å². The van der Waals surface area contributed by atoms with Crippen molar-refractivity contribution in [1.29, 1.82) is 0 Å². The summed E-state index contributed by atoms with van der Waals surface area (Å²) in [6.45, 7) is 1.29. The molecule has 3 rings (SSSR count). The SMILES string of the molecule is COCCC(=O)N1CCC2(CC1)N(Cc1ccccc1)C(=O)CS2(=O)=O. The van der Waals surface area contributed by atoms with Gasteiger partial charge < -0.3 is 14.5 Å². The molecule has 2 fully saturated rings. The number of piperidine rings is 1. The fraction of sp³-hybridized carbons (Fsp3) is 0.556. The summed E-state index contributed by atoms with van der Waals surface area (Å²) in [6.07, 6.45) is 0.794. The van der Waals surface area contributed by atoms with E-state index in [-0.39, 0.29) is 37.6 Å². The van der Waals surface area contributed by atoms with Crippen LogP contribution in [0.25, 0.3) is 0 Å². The van der Waals surface area contributed by atoms with Crippen LogP contribution in [0.4, 0.5) is 0 Å². The minimum atomic E-state index is -3.58. The van der Waals surface area contributed by atoms with Gasteiger partial charge >= 0.3 is 0 Å². The van der Waals surface area contributed by atoms with Crippen LogP contribution >= 0.6 is 0 Å². The van der Waals surface area contributed by atoms with Crippen molar-refractivity contribution in [2.45, 2.75) is 30.7 Å². The van der Waals surface area contributed by atoms with E-state index in [1.165, 1.54) is 12.0 Å². The van der Waals surface area contributed by atoms with Gasteiger partial charge in [0, 0.05) is 39.6 Å². The van der Waals surface area contributed by atoms with Gasteiger partial charge in [0.1, 0.15) is 10.6 Å². The van der Waals surface area contributed by atoms with E-state index in [0.717, 1.165) is 5.56 Å². The number of carbonyl (C=O) groups excluding carboxylic acids is 2. The quantitative estimate of drug-likeness (QED) is 0.754. The predicted octanol–water partition coefficient (Wildman–Crippen LogP) is 0.799. The number of hydrogen-bond donors (Lipinski definition) is 0. The number of ether oxygens (including phenoxy) is 1. The lowest BCUT2D eigenvalue weighted by atomic mass is 10.0. The van der Waals surface area contributed by atoms with Gasteiger partial charge in [-0.05, 0) is 5.56 Å². The number of benzene rings is 1. The second-order valence-electron chi connectivity index (χ2n) is 6.79. The molecule has 142 valence electrons. The van der Waals surface area contributed by atoms with Gasteiger partial charge in [0.25, 0.3) is 0 Å². The minimum absolute atomic E-state index is 0.0435. The highest BCUT2D eigenvalue weighted by molar-refractivity contribution is 7.93. The number of methoxy groups -OCH3 is 1. The molecule has 2 aliphatic rings. The zero-order valence-electron chi connectivity index (χ0n) is 14.9. The third kappa shape index (κ3) is 3.35. The first-order chi connectivity index (χ1) is 12.4. The third-order valence-electron chi connectivity index (χ3n) is 5.29. The van der Waals surface area contributed by atoms with Gasteiger partial charge in [0.15, 0.2) is 9.84 Å².